The first-order valence-corrected chi connectivity index (χ1v) is 7.73. The van der Waals surface area contributed by atoms with Crippen LogP contribution in [0.2, 0.25) is 5.02 Å². The molecule has 0 aliphatic rings. The number of amides is 1. The van der Waals surface area contributed by atoms with Crippen molar-refractivity contribution in [2.45, 2.75) is 32.9 Å². The first kappa shape index (κ1) is 16.5. The van der Waals surface area contributed by atoms with Gasteiger partial charge in [-0.25, -0.2) is 0 Å². The van der Waals surface area contributed by atoms with Gasteiger partial charge in [0.25, 0.3) is 0 Å². The number of carbonyl (C=O) groups is 1. The molecule has 3 nitrogen and oxygen atoms in total. The van der Waals surface area contributed by atoms with Crippen LogP contribution in [0.25, 0.3) is 0 Å². The number of hydrogen-bond donors (Lipinski definition) is 2. The maximum absolute atomic E-state index is 12.6. The lowest BCUT2D eigenvalue weighted by Gasteiger charge is -2.21. The molecule has 0 unspecified atom stereocenters. The van der Waals surface area contributed by atoms with E-state index < -0.39 is 6.04 Å². The van der Waals surface area contributed by atoms with Gasteiger partial charge in [-0.1, -0.05) is 48.0 Å². The lowest BCUT2D eigenvalue weighted by molar-refractivity contribution is -0.118. The molecule has 0 spiro atoms. The molecule has 0 radical (unpaired) electrons. The van der Waals surface area contributed by atoms with Crippen LogP contribution in [0.4, 0.5) is 5.69 Å². The first-order valence-electron chi connectivity index (χ1n) is 7.35. The molecular weight excluding hydrogens is 296 g/mol. The van der Waals surface area contributed by atoms with Crippen molar-refractivity contribution in [3.8, 4) is 0 Å². The highest BCUT2D eigenvalue weighted by Crippen LogP contribution is 2.22. The van der Waals surface area contributed by atoms with Crippen LogP contribution < -0.4 is 10.6 Å². The second kappa shape index (κ2) is 7.43. The van der Waals surface area contributed by atoms with Gasteiger partial charge in [-0.3, -0.25) is 10.1 Å². The van der Waals surface area contributed by atoms with E-state index in [9.17, 15) is 4.79 Å². The Hall–Kier alpha value is -1.84. The Labute approximate surface area is 136 Å². The second-order valence-corrected chi connectivity index (χ2v) is 6.03. The smallest absolute Gasteiger partial charge is 0.246 e. The van der Waals surface area contributed by atoms with Gasteiger partial charge in [0, 0.05) is 16.8 Å². The van der Waals surface area contributed by atoms with Gasteiger partial charge in [0.15, 0.2) is 0 Å². The minimum atomic E-state index is -0.402. The minimum absolute atomic E-state index is 0.0974. The molecule has 0 fully saturated rings. The highest BCUT2D eigenvalue weighted by Gasteiger charge is 2.21. The van der Waals surface area contributed by atoms with Gasteiger partial charge in [0.1, 0.15) is 6.04 Å². The molecule has 1 atom stereocenters. The Kier molecular flexibility index (Phi) is 5.58. The number of anilines is 1. The summed E-state index contributed by atoms with van der Waals surface area (Å²) in [6.45, 7) is 5.97. The molecule has 2 aromatic rings. The predicted octanol–water partition coefficient (Wildman–Crippen LogP) is 4.33. The molecule has 0 saturated carbocycles. The number of carbonyl (C=O) groups excluding carboxylic acids is 1. The Morgan fingerprint density at radius 2 is 1.77 bits per heavy atom. The Morgan fingerprint density at radius 3 is 2.36 bits per heavy atom. The number of aryl methyl sites for hydroxylation is 1. The summed E-state index contributed by atoms with van der Waals surface area (Å²) in [5.41, 5.74) is 2.62. The van der Waals surface area contributed by atoms with Crippen LogP contribution in [0.1, 0.15) is 31.0 Å². The lowest BCUT2D eigenvalue weighted by atomic mass is 10.1. The highest BCUT2D eigenvalue weighted by atomic mass is 35.5. The first-order chi connectivity index (χ1) is 10.5. The molecule has 2 N–H and O–H groups in total. The topological polar surface area (TPSA) is 41.1 Å². The maximum atomic E-state index is 12.6. The zero-order valence-electron chi connectivity index (χ0n) is 13.1. The van der Waals surface area contributed by atoms with Crippen molar-refractivity contribution in [1.82, 2.24) is 5.32 Å². The maximum Gasteiger partial charge on any atom is 0.246 e. The minimum Gasteiger partial charge on any atom is -0.324 e. The van der Waals surface area contributed by atoms with E-state index in [1.54, 1.807) is 6.07 Å². The van der Waals surface area contributed by atoms with E-state index in [0.29, 0.717) is 10.7 Å². The third-order valence-corrected chi connectivity index (χ3v) is 3.74. The molecule has 4 heteroatoms. The number of nitrogens with one attached hydrogen (secondary N) is 2. The Morgan fingerprint density at radius 1 is 1.09 bits per heavy atom. The van der Waals surface area contributed by atoms with Gasteiger partial charge in [-0.15, -0.1) is 0 Å². The molecular formula is C18H21ClN2O. The van der Waals surface area contributed by atoms with E-state index in [0.717, 1.165) is 11.1 Å². The fourth-order valence-corrected chi connectivity index (χ4v) is 2.37. The van der Waals surface area contributed by atoms with E-state index in [1.165, 1.54) is 0 Å². The summed E-state index contributed by atoms with van der Waals surface area (Å²) in [4.78, 5) is 12.6. The summed E-state index contributed by atoms with van der Waals surface area (Å²) in [5.74, 6) is -0.0974. The average Bonchev–Trinajstić information content (AvgIpc) is 2.49. The zero-order chi connectivity index (χ0) is 16.1. The third kappa shape index (κ3) is 4.33. The quantitative estimate of drug-likeness (QED) is 0.862. The predicted molar refractivity (Wildman–Crippen MR) is 92.3 cm³/mol. The van der Waals surface area contributed by atoms with Crippen LogP contribution in [0.3, 0.4) is 0 Å². The molecule has 0 saturated heterocycles. The molecule has 22 heavy (non-hydrogen) atoms. The van der Waals surface area contributed by atoms with Crippen LogP contribution in [0, 0.1) is 6.92 Å². The van der Waals surface area contributed by atoms with E-state index in [1.807, 2.05) is 63.2 Å². The van der Waals surface area contributed by atoms with E-state index in [4.69, 9.17) is 11.6 Å². The normalized spacial score (nSPS) is 12.2. The Bertz CT molecular complexity index is 641. The van der Waals surface area contributed by atoms with Crippen LogP contribution in [0.5, 0.6) is 0 Å². The standard InChI is InChI=1S/C18H21ClN2O/c1-12(2)20-17(14-7-5-4-6-8-14)18(22)21-15-10-9-13(3)16(19)11-15/h4-12,17,20H,1-3H3,(H,21,22)/t17-/m0/s1. The zero-order valence-corrected chi connectivity index (χ0v) is 13.8. The molecule has 0 aromatic heterocycles. The summed E-state index contributed by atoms with van der Waals surface area (Å²) < 4.78 is 0. The Balaban J connectivity index is 2.20. The van der Waals surface area contributed by atoms with Crippen LogP contribution >= 0.6 is 11.6 Å². The van der Waals surface area contributed by atoms with Gasteiger partial charge in [0.2, 0.25) is 5.91 Å². The fourth-order valence-electron chi connectivity index (χ4n) is 2.19. The van der Waals surface area contributed by atoms with Crippen molar-refractivity contribution in [3.05, 3.63) is 64.7 Å². The van der Waals surface area contributed by atoms with Crippen molar-refractivity contribution in [1.29, 1.82) is 0 Å². The molecule has 1 amide bonds. The summed E-state index contributed by atoms with van der Waals surface area (Å²) >= 11 is 6.11. The van der Waals surface area contributed by atoms with Crippen molar-refractivity contribution in [2.75, 3.05) is 5.32 Å². The van der Waals surface area contributed by atoms with Gasteiger partial charge >= 0.3 is 0 Å². The van der Waals surface area contributed by atoms with Gasteiger partial charge in [0.05, 0.1) is 0 Å². The van der Waals surface area contributed by atoms with E-state index in [2.05, 4.69) is 10.6 Å². The SMILES string of the molecule is Cc1ccc(NC(=O)[C@@H](NC(C)C)c2ccccc2)cc1Cl. The summed E-state index contributed by atoms with van der Waals surface area (Å²) in [6, 6.07) is 15.0. The van der Waals surface area contributed by atoms with Crippen LogP contribution in [-0.4, -0.2) is 11.9 Å². The van der Waals surface area contributed by atoms with Gasteiger partial charge in [-0.05, 0) is 44.0 Å². The summed E-state index contributed by atoms with van der Waals surface area (Å²) in [7, 11) is 0. The summed E-state index contributed by atoms with van der Waals surface area (Å²) in [6.07, 6.45) is 0. The highest BCUT2D eigenvalue weighted by molar-refractivity contribution is 6.31. The molecule has 0 bridgehead atoms. The largest absolute Gasteiger partial charge is 0.324 e. The third-order valence-electron chi connectivity index (χ3n) is 3.33. The molecule has 0 aliphatic carbocycles. The number of hydrogen-bond acceptors (Lipinski definition) is 2. The monoisotopic (exact) mass is 316 g/mol. The van der Waals surface area contributed by atoms with E-state index in [-0.39, 0.29) is 11.9 Å². The average molecular weight is 317 g/mol. The number of rotatable bonds is 5. The van der Waals surface area contributed by atoms with Crippen LogP contribution in [-0.2, 0) is 4.79 Å². The number of benzene rings is 2. The molecule has 0 aliphatic heterocycles. The molecule has 116 valence electrons. The van der Waals surface area contributed by atoms with Crippen molar-refractivity contribution in [3.63, 3.8) is 0 Å². The second-order valence-electron chi connectivity index (χ2n) is 5.62. The van der Waals surface area contributed by atoms with Crippen molar-refractivity contribution < 1.29 is 4.79 Å². The lowest BCUT2D eigenvalue weighted by Crippen LogP contribution is -2.36. The van der Waals surface area contributed by atoms with Gasteiger partial charge < -0.3 is 5.32 Å². The number of halogens is 1. The molecule has 2 rings (SSSR count). The van der Waals surface area contributed by atoms with Crippen molar-refractivity contribution in [2.24, 2.45) is 0 Å². The van der Waals surface area contributed by atoms with Crippen molar-refractivity contribution >= 4 is 23.2 Å². The molecule has 0 heterocycles. The van der Waals surface area contributed by atoms with Crippen LogP contribution in [0.15, 0.2) is 48.5 Å². The summed E-state index contributed by atoms with van der Waals surface area (Å²) in [5, 5.41) is 6.87. The fraction of sp³-hybridized carbons (Fsp3) is 0.278. The van der Waals surface area contributed by atoms with Gasteiger partial charge in [-0.2, -0.15) is 0 Å². The molecule has 2 aromatic carbocycles. The van der Waals surface area contributed by atoms with E-state index >= 15 is 0 Å².